The third-order valence-corrected chi connectivity index (χ3v) is 4.51. The fraction of sp³-hybridized carbons (Fsp3) is 0.353. The summed E-state index contributed by atoms with van der Waals surface area (Å²) in [5.74, 6) is 0.732. The molecule has 1 aromatic carbocycles. The average molecular weight is 337 g/mol. The van der Waals surface area contributed by atoms with Crippen molar-refractivity contribution in [3.63, 3.8) is 0 Å². The number of hydrogen-bond donors (Lipinski definition) is 1. The van der Waals surface area contributed by atoms with Crippen LogP contribution in [0.25, 0.3) is 11.1 Å². The molecule has 1 unspecified atom stereocenters. The zero-order valence-electron chi connectivity index (χ0n) is 12.4. The van der Waals surface area contributed by atoms with Gasteiger partial charge in [-0.15, -0.1) is 0 Å². The van der Waals surface area contributed by atoms with E-state index in [-0.39, 0.29) is 6.10 Å². The summed E-state index contributed by atoms with van der Waals surface area (Å²) >= 11 is 12.2. The minimum absolute atomic E-state index is 0.101. The molecule has 2 aromatic rings. The molecule has 3 nitrogen and oxygen atoms in total. The molecule has 1 saturated heterocycles. The van der Waals surface area contributed by atoms with E-state index in [9.17, 15) is 0 Å². The zero-order valence-corrected chi connectivity index (χ0v) is 13.9. The number of nitrogens with one attached hydrogen (secondary N) is 1. The van der Waals surface area contributed by atoms with Gasteiger partial charge >= 0.3 is 0 Å². The fourth-order valence-electron chi connectivity index (χ4n) is 2.73. The first-order valence-corrected chi connectivity index (χ1v) is 8.20. The van der Waals surface area contributed by atoms with Gasteiger partial charge in [0.15, 0.2) is 0 Å². The molecule has 1 aromatic heterocycles. The topological polar surface area (TPSA) is 34.1 Å². The van der Waals surface area contributed by atoms with Crippen LogP contribution >= 0.6 is 23.2 Å². The molecule has 3 rings (SSSR count). The van der Waals surface area contributed by atoms with Gasteiger partial charge in [0.25, 0.3) is 0 Å². The molecular weight excluding hydrogens is 319 g/mol. The van der Waals surface area contributed by atoms with E-state index in [1.807, 2.05) is 30.3 Å². The SMILES string of the molecule is CC(Oc1cnc(Cl)c(-c2ccc(Cl)cc2)c1)[C@H]1CCCN1. The van der Waals surface area contributed by atoms with Gasteiger partial charge < -0.3 is 10.1 Å². The van der Waals surface area contributed by atoms with Gasteiger partial charge in [-0.25, -0.2) is 4.98 Å². The third kappa shape index (κ3) is 3.54. The molecule has 1 N–H and O–H groups in total. The summed E-state index contributed by atoms with van der Waals surface area (Å²) < 4.78 is 6.03. The fourth-order valence-corrected chi connectivity index (χ4v) is 3.07. The summed E-state index contributed by atoms with van der Waals surface area (Å²) in [6.07, 6.45) is 4.12. The Kier molecular flexibility index (Phi) is 4.87. The summed E-state index contributed by atoms with van der Waals surface area (Å²) in [4.78, 5) is 4.24. The molecule has 116 valence electrons. The molecule has 22 heavy (non-hydrogen) atoms. The predicted octanol–water partition coefficient (Wildman–Crippen LogP) is 4.57. The first-order chi connectivity index (χ1) is 10.6. The van der Waals surface area contributed by atoms with E-state index in [4.69, 9.17) is 27.9 Å². The van der Waals surface area contributed by atoms with Crippen molar-refractivity contribution in [3.8, 4) is 16.9 Å². The molecule has 1 aliphatic rings. The standard InChI is InChI=1S/C17H18Cl2N2O/c1-11(16-3-2-8-20-16)22-14-9-15(17(19)21-10-14)12-4-6-13(18)7-5-12/h4-7,9-11,16,20H,2-3,8H2,1H3/t11?,16-/m1/s1. The minimum atomic E-state index is 0.101. The highest BCUT2D eigenvalue weighted by Crippen LogP contribution is 2.31. The zero-order chi connectivity index (χ0) is 15.5. The number of hydrogen-bond acceptors (Lipinski definition) is 3. The van der Waals surface area contributed by atoms with Crippen molar-refractivity contribution in [1.82, 2.24) is 10.3 Å². The van der Waals surface area contributed by atoms with E-state index < -0.39 is 0 Å². The van der Waals surface area contributed by atoms with E-state index in [1.54, 1.807) is 6.20 Å². The van der Waals surface area contributed by atoms with Crippen LogP contribution in [0.1, 0.15) is 19.8 Å². The second-order valence-corrected chi connectivity index (χ2v) is 6.34. The van der Waals surface area contributed by atoms with Gasteiger partial charge in [-0.05, 0) is 50.1 Å². The van der Waals surface area contributed by atoms with E-state index in [0.29, 0.717) is 16.2 Å². The van der Waals surface area contributed by atoms with Crippen LogP contribution in [0.3, 0.4) is 0 Å². The number of halogens is 2. The lowest BCUT2D eigenvalue weighted by Crippen LogP contribution is -2.36. The Morgan fingerprint density at radius 1 is 1.27 bits per heavy atom. The summed E-state index contributed by atoms with van der Waals surface area (Å²) in [5.41, 5.74) is 1.82. The lowest BCUT2D eigenvalue weighted by Gasteiger charge is -2.21. The normalized spacial score (nSPS) is 19.1. The molecule has 1 aliphatic heterocycles. The van der Waals surface area contributed by atoms with Crippen molar-refractivity contribution in [1.29, 1.82) is 0 Å². The second-order valence-electron chi connectivity index (χ2n) is 5.54. The van der Waals surface area contributed by atoms with E-state index in [2.05, 4.69) is 17.2 Å². The molecule has 0 radical (unpaired) electrons. The molecule has 2 atom stereocenters. The largest absolute Gasteiger partial charge is 0.487 e. The maximum absolute atomic E-state index is 6.22. The van der Waals surface area contributed by atoms with Gasteiger partial charge in [-0.1, -0.05) is 35.3 Å². The monoisotopic (exact) mass is 336 g/mol. The maximum atomic E-state index is 6.22. The quantitative estimate of drug-likeness (QED) is 0.830. The highest BCUT2D eigenvalue weighted by Gasteiger charge is 2.22. The van der Waals surface area contributed by atoms with Crippen LogP contribution < -0.4 is 10.1 Å². The molecule has 5 heteroatoms. The molecule has 0 amide bonds. The summed E-state index contributed by atoms with van der Waals surface area (Å²) in [6, 6.07) is 9.87. The van der Waals surface area contributed by atoms with Gasteiger partial charge in [0.1, 0.15) is 17.0 Å². The molecule has 0 bridgehead atoms. The van der Waals surface area contributed by atoms with Crippen LogP contribution in [0, 0.1) is 0 Å². The van der Waals surface area contributed by atoms with Crippen LogP contribution in [0.5, 0.6) is 5.75 Å². The van der Waals surface area contributed by atoms with Crippen molar-refractivity contribution in [3.05, 3.63) is 46.7 Å². The highest BCUT2D eigenvalue weighted by molar-refractivity contribution is 6.32. The Labute approximate surface area is 140 Å². The Bertz CT molecular complexity index is 640. The Morgan fingerprint density at radius 2 is 2.05 bits per heavy atom. The molecule has 0 spiro atoms. The van der Waals surface area contributed by atoms with Gasteiger partial charge in [0, 0.05) is 16.6 Å². The van der Waals surface area contributed by atoms with Crippen LogP contribution in [0.4, 0.5) is 0 Å². The first-order valence-electron chi connectivity index (χ1n) is 7.45. The van der Waals surface area contributed by atoms with Gasteiger partial charge in [0.2, 0.25) is 0 Å². The second kappa shape index (κ2) is 6.86. The summed E-state index contributed by atoms with van der Waals surface area (Å²) in [5, 5.41) is 4.61. The first kappa shape index (κ1) is 15.6. The number of aromatic nitrogens is 1. The molecule has 1 fully saturated rings. The minimum Gasteiger partial charge on any atom is -0.487 e. The molecule has 2 heterocycles. The van der Waals surface area contributed by atoms with Crippen molar-refractivity contribution < 1.29 is 4.74 Å². The lowest BCUT2D eigenvalue weighted by molar-refractivity contribution is 0.179. The summed E-state index contributed by atoms with van der Waals surface area (Å²) in [7, 11) is 0. The smallest absolute Gasteiger partial charge is 0.138 e. The number of ether oxygens (including phenoxy) is 1. The predicted molar refractivity (Wildman–Crippen MR) is 90.8 cm³/mol. The third-order valence-electron chi connectivity index (χ3n) is 3.96. The maximum Gasteiger partial charge on any atom is 0.138 e. The van der Waals surface area contributed by atoms with Gasteiger partial charge in [-0.2, -0.15) is 0 Å². The summed E-state index contributed by atoms with van der Waals surface area (Å²) in [6.45, 7) is 3.15. The van der Waals surface area contributed by atoms with Crippen molar-refractivity contribution in [2.75, 3.05) is 6.54 Å². The Morgan fingerprint density at radius 3 is 2.73 bits per heavy atom. The number of nitrogens with zero attached hydrogens (tertiary/aromatic N) is 1. The number of rotatable bonds is 4. The van der Waals surface area contributed by atoms with Crippen molar-refractivity contribution in [2.24, 2.45) is 0 Å². The number of benzene rings is 1. The van der Waals surface area contributed by atoms with Crippen LogP contribution in [0.15, 0.2) is 36.5 Å². The van der Waals surface area contributed by atoms with Crippen molar-refractivity contribution >= 4 is 23.2 Å². The van der Waals surface area contributed by atoms with Gasteiger partial charge in [0.05, 0.1) is 6.20 Å². The van der Waals surface area contributed by atoms with Crippen LogP contribution in [-0.2, 0) is 0 Å². The van der Waals surface area contributed by atoms with Crippen LogP contribution in [0.2, 0.25) is 10.2 Å². The van der Waals surface area contributed by atoms with Crippen LogP contribution in [-0.4, -0.2) is 23.7 Å². The number of pyridine rings is 1. The average Bonchev–Trinajstić information content (AvgIpc) is 3.05. The van der Waals surface area contributed by atoms with Gasteiger partial charge in [-0.3, -0.25) is 0 Å². The molecule has 0 saturated carbocycles. The lowest BCUT2D eigenvalue weighted by atomic mass is 10.1. The highest BCUT2D eigenvalue weighted by atomic mass is 35.5. The van der Waals surface area contributed by atoms with Crippen molar-refractivity contribution in [2.45, 2.75) is 31.9 Å². The Balaban J connectivity index is 1.81. The van der Waals surface area contributed by atoms with E-state index >= 15 is 0 Å². The van der Waals surface area contributed by atoms with E-state index in [1.165, 1.54) is 6.42 Å². The molecule has 0 aliphatic carbocycles. The molecular formula is C17H18Cl2N2O. The van der Waals surface area contributed by atoms with E-state index in [0.717, 1.165) is 29.8 Å². The Hall–Kier alpha value is -1.29.